The molecule has 19 heavy (non-hydrogen) atoms. The van der Waals surface area contributed by atoms with Crippen LogP contribution >= 0.6 is 0 Å². The Morgan fingerprint density at radius 2 is 1.89 bits per heavy atom. The maximum Gasteiger partial charge on any atom is 0.0479 e. The summed E-state index contributed by atoms with van der Waals surface area (Å²) in [5.41, 5.74) is 6.86. The Labute approximate surface area is 114 Å². The van der Waals surface area contributed by atoms with Gasteiger partial charge in [0.1, 0.15) is 0 Å². The molecule has 1 aliphatic rings. The van der Waals surface area contributed by atoms with Gasteiger partial charge in [0.05, 0.1) is 0 Å². The van der Waals surface area contributed by atoms with Crippen molar-refractivity contribution >= 4 is 5.69 Å². The Hall–Kier alpha value is -1.80. The molecule has 2 aromatic rings. The molecule has 3 rings (SSSR count). The molecule has 0 unspecified atom stereocenters. The van der Waals surface area contributed by atoms with Gasteiger partial charge in [-0.2, -0.15) is 0 Å². The Kier molecular flexibility index (Phi) is 3.51. The molecular weight excluding hydrogens is 234 g/mol. The van der Waals surface area contributed by atoms with Crippen LogP contribution in [0.25, 0.3) is 11.1 Å². The van der Waals surface area contributed by atoms with E-state index in [-0.39, 0.29) is 0 Å². The third-order valence-electron chi connectivity index (χ3n) is 3.65. The van der Waals surface area contributed by atoms with Gasteiger partial charge in [-0.15, -0.1) is 0 Å². The van der Waals surface area contributed by atoms with Gasteiger partial charge in [0.2, 0.25) is 0 Å². The van der Waals surface area contributed by atoms with Crippen molar-refractivity contribution in [2.75, 3.05) is 25.6 Å². The van der Waals surface area contributed by atoms with E-state index >= 15 is 0 Å². The Morgan fingerprint density at radius 3 is 2.79 bits per heavy atom. The summed E-state index contributed by atoms with van der Waals surface area (Å²) in [5, 5.41) is 3.46. The van der Waals surface area contributed by atoms with Crippen molar-refractivity contribution < 1.29 is 4.74 Å². The number of ether oxygens (including phenoxy) is 1. The topological polar surface area (TPSA) is 21.3 Å². The zero-order valence-corrected chi connectivity index (χ0v) is 11.3. The fourth-order valence-corrected chi connectivity index (χ4v) is 2.70. The van der Waals surface area contributed by atoms with Crippen molar-refractivity contribution in [3.8, 4) is 11.1 Å². The van der Waals surface area contributed by atoms with Gasteiger partial charge >= 0.3 is 0 Å². The maximum atomic E-state index is 5.06. The van der Waals surface area contributed by atoms with Crippen LogP contribution in [0.15, 0.2) is 42.5 Å². The van der Waals surface area contributed by atoms with E-state index in [1.165, 1.54) is 27.9 Å². The lowest BCUT2D eigenvalue weighted by Gasteiger charge is -2.08. The fraction of sp³-hybridized carbons (Fsp3) is 0.294. The number of rotatable bonds is 5. The number of benzene rings is 2. The van der Waals surface area contributed by atoms with Gasteiger partial charge in [-0.1, -0.05) is 30.3 Å². The molecule has 0 radical (unpaired) electrons. The van der Waals surface area contributed by atoms with Crippen LogP contribution in [0.2, 0.25) is 0 Å². The van der Waals surface area contributed by atoms with Crippen molar-refractivity contribution in [3.63, 3.8) is 0 Å². The van der Waals surface area contributed by atoms with Gasteiger partial charge in [0, 0.05) is 25.9 Å². The van der Waals surface area contributed by atoms with Crippen LogP contribution in [-0.2, 0) is 11.2 Å². The minimum Gasteiger partial charge on any atom is -0.385 e. The second-order valence-electron chi connectivity index (χ2n) is 4.98. The van der Waals surface area contributed by atoms with E-state index in [1.54, 1.807) is 7.11 Å². The van der Waals surface area contributed by atoms with Crippen molar-refractivity contribution in [3.05, 3.63) is 53.6 Å². The molecule has 0 spiro atoms. The number of nitrogens with one attached hydrogen (secondary N) is 1. The standard InChI is InChI=1S/C17H19NO/c1-19-10-4-9-18-15-7-8-17-14(12-15)11-13-5-2-3-6-16(13)17/h2-3,5-8,12,18H,4,9-11H2,1H3. The van der Waals surface area contributed by atoms with Crippen molar-refractivity contribution in [2.24, 2.45) is 0 Å². The van der Waals surface area contributed by atoms with Crippen molar-refractivity contribution in [1.82, 2.24) is 0 Å². The first-order chi connectivity index (χ1) is 9.38. The summed E-state index contributed by atoms with van der Waals surface area (Å²) < 4.78 is 5.06. The first-order valence-electron chi connectivity index (χ1n) is 6.82. The van der Waals surface area contributed by atoms with Gasteiger partial charge < -0.3 is 10.1 Å². The first kappa shape index (κ1) is 12.2. The Balaban J connectivity index is 1.74. The van der Waals surface area contributed by atoms with Gasteiger partial charge in [0.25, 0.3) is 0 Å². The summed E-state index contributed by atoms with van der Waals surface area (Å²) in [4.78, 5) is 0. The summed E-state index contributed by atoms with van der Waals surface area (Å²) >= 11 is 0. The zero-order valence-electron chi connectivity index (χ0n) is 11.3. The molecule has 0 saturated carbocycles. The predicted octanol–water partition coefficient (Wildman–Crippen LogP) is 3.71. The zero-order chi connectivity index (χ0) is 13.1. The molecule has 0 fully saturated rings. The summed E-state index contributed by atoms with van der Waals surface area (Å²) in [6.07, 6.45) is 2.09. The SMILES string of the molecule is COCCCNc1ccc2c(c1)Cc1ccccc1-2. The smallest absolute Gasteiger partial charge is 0.0479 e. The normalized spacial score (nSPS) is 12.1. The van der Waals surface area contributed by atoms with E-state index in [1.807, 2.05) is 0 Å². The van der Waals surface area contributed by atoms with E-state index in [4.69, 9.17) is 4.74 Å². The number of anilines is 1. The first-order valence-corrected chi connectivity index (χ1v) is 6.82. The van der Waals surface area contributed by atoms with E-state index in [9.17, 15) is 0 Å². The second kappa shape index (κ2) is 5.45. The molecular formula is C17H19NO. The van der Waals surface area contributed by atoms with E-state index in [0.717, 1.165) is 26.0 Å². The number of hydrogen-bond acceptors (Lipinski definition) is 2. The third kappa shape index (κ3) is 2.49. The molecule has 0 bridgehead atoms. The molecule has 2 heteroatoms. The summed E-state index contributed by atoms with van der Waals surface area (Å²) in [6, 6.07) is 15.4. The minimum atomic E-state index is 0.809. The third-order valence-corrected chi connectivity index (χ3v) is 3.65. The van der Waals surface area contributed by atoms with Crippen LogP contribution in [0.5, 0.6) is 0 Å². The van der Waals surface area contributed by atoms with Gasteiger partial charge in [-0.25, -0.2) is 0 Å². The lowest BCUT2D eigenvalue weighted by atomic mass is 10.1. The summed E-state index contributed by atoms with van der Waals surface area (Å²) in [7, 11) is 1.74. The van der Waals surface area contributed by atoms with Gasteiger partial charge in [-0.05, 0) is 47.2 Å². The monoisotopic (exact) mass is 253 g/mol. The predicted molar refractivity (Wildman–Crippen MR) is 79.7 cm³/mol. The maximum absolute atomic E-state index is 5.06. The Morgan fingerprint density at radius 1 is 1.05 bits per heavy atom. The average Bonchev–Trinajstić information content (AvgIpc) is 2.81. The van der Waals surface area contributed by atoms with Crippen molar-refractivity contribution in [2.45, 2.75) is 12.8 Å². The lowest BCUT2D eigenvalue weighted by molar-refractivity contribution is 0.198. The molecule has 0 amide bonds. The van der Waals surface area contributed by atoms with Crippen LogP contribution in [0.3, 0.4) is 0 Å². The number of methoxy groups -OCH3 is 1. The number of fused-ring (bicyclic) bond motifs is 3. The summed E-state index contributed by atoms with van der Waals surface area (Å²) in [5.74, 6) is 0. The average molecular weight is 253 g/mol. The molecule has 2 aromatic carbocycles. The van der Waals surface area contributed by atoms with Crippen LogP contribution < -0.4 is 5.32 Å². The fourth-order valence-electron chi connectivity index (χ4n) is 2.70. The van der Waals surface area contributed by atoms with E-state index < -0.39 is 0 Å². The molecule has 1 N–H and O–H groups in total. The largest absolute Gasteiger partial charge is 0.385 e. The molecule has 0 saturated heterocycles. The van der Waals surface area contributed by atoms with Crippen LogP contribution in [-0.4, -0.2) is 20.3 Å². The number of hydrogen-bond donors (Lipinski definition) is 1. The highest BCUT2D eigenvalue weighted by Gasteiger charge is 2.17. The molecule has 2 nitrogen and oxygen atoms in total. The quantitative estimate of drug-likeness (QED) is 0.700. The van der Waals surface area contributed by atoms with Gasteiger partial charge in [0.15, 0.2) is 0 Å². The highest BCUT2D eigenvalue weighted by molar-refractivity contribution is 5.78. The van der Waals surface area contributed by atoms with E-state index in [2.05, 4.69) is 47.8 Å². The molecule has 98 valence electrons. The molecule has 0 heterocycles. The highest BCUT2D eigenvalue weighted by atomic mass is 16.5. The van der Waals surface area contributed by atoms with Crippen LogP contribution in [0.4, 0.5) is 5.69 Å². The molecule has 0 atom stereocenters. The minimum absolute atomic E-state index is 0.809. The van der Waals surface area contributed by atoms with Crippen LogP contribution in [0, 0.1) is 0 Å². The van der Waals surface area contributed by atoms with Gasteiger partial charge in [-0.3, -0.25) is 0 Å². The van der Waals surface area contributed by atoms with Crippen LogP contribution in [0.1, 0.15) is 17.5 Å². The second-order valence-corrected chi connectivity index (χ2v) is 4.98. The Bertz CT molecular complexity index is 577. The van der Waals surface area contributed by atoms with Crippen molar-refractivity contribution in [1.29, 1.82) is 0 Å². The molecule has 1 aliphatic carbocycles. The highest BCUT2D eigenvalue weighted by Crippen LogP contribution is 2.37. The summed E-state index contributed by atoms with van der Waals surface area (Å²) in [6.45, 7) is 1.77. The molecule has 0 aliphatic heterocycles. The molecule has 0 aromatic heterocycles. The lowest BCUT2D eigenvalue weighted by Crippen LogP contribution is -2.04. The van der Waals surface area contributed by atoms with E-state index in [0.29, 0.717) is 0 Å².